The van der Waals surface area contributed by atoms with Gasteiger partial charge in [0.15, 0.2) is 0 Å². The lowest BCUT2D eigenvalue weighted by atomic mass is 9.87. The van der Waals surface area contributed by atoms with Gasteiger partial charge in [0.1, 0.15) is 0 Å². The molecule has 0 saturated carbocycles. The van der Waals surface area contributed by atoms with Gasteiger partial charge in [0.05, 0.1) is 0 Å². The van der Waals surface area contributed by atoms with Gasteiger partial charge in [0, 0.05) is 0 Å². The van der Waals surface area contributed by atoms with Gasteiger partial charge in [-0.05, 0) is 109 Å². The molecule has 0 amide bonds. The van der Waals surface area contributed by atoms with E-state index < -0.39 is 0 Å². The Morgan fingerprint density at radius 1 is 0.667 bits per heavy atom. The Morgan fingerprint density at radius 2 is 1.42 bits per heavy atom. The van der Waals surface area contributed by atoms with Crippen molar-refractivity contribution < 1.29 is 0 Å². The third-order valence-corrected chi connectivity index (χ3v) is 5.28. The van der Waals surface area contributed by atoms with Crippen molar-refractivity contribution in [1.29, 1.82) is 0 Å². The number of aryl methyl sites for hydroxylation is 4. The summed E-state index contributed by atoms with van der Waals surface area (Å²) in [4.78, 5) is 0. The number of hydrogen-bond donors (Lipinski definition) is 0. The van der Waals surface area contributed by atoms with Crippen LogP contribution in [0.4, 0.5) is 0 Å². The van der Waals surface area contributed by atoms with Crippen LogP contribution < -0.4 is 0 Å². The fourth-order valence-electron chi connectivity index (χ4n) is 3.43. The van der Waals surface area contributed by atoms with Crippen LogP contribution >= 0.6 is 0 Å². The van der Waals surface area contributed by atoms with Crippen LogP contribution in [0.1, 0.15) is 33.4 Å². The molecule has 0 heterocycles. The average molecular weight is 313 g/mol. The van der Waals surface area contributed by atoms with Crippen molar-refractivity contribution in [1.82, 2.24) is 0 Å². The molecule has 3 aromatic rings. The lowest BCUT2D eigenvalue weighted by Crippen LogP contribution is -1.95. The van der Waals surface area contributed by atoms with Crippen molar-refractivity contribution in [3.63, 3.8) is 0 Å². The lowest BCUT2D eigenvalue weighted by molar-refractivity contribution is 1.30. The molecule has 121 valence electrons. The molecule has 0 N–H and O–H groups in total. The van der Waals surface area contributed by atoms with Crippen molar-refractivity contribution in [3.05, 3.63) is 81.9 Å². The van der Waals surface area contributed by atoms with Crippen LogP contribution in [0.25, 0.3) is 22.3 Å². The summed E-state index contributed by atoms with van der Waals surface area (Å²) in [5.41, 5.74) is 13.1. The van der Waals surface area contributed by atoms with E-state index in [0.717, 1.165) is 0 Å². The van der Waals surface area contributed by atoms with Gasteiger partial charge in [-0.2, -0.15) is 0 Å². The number of benzene rings is 3. The molecule has 0 unspecified atom stereocenters. The molecule has 0 nitrogen and oxygen atoms in total. The molecular weight excluding hydrogens is 288 g/mol. The monoisotopic (exact) mass is 313 g/mol. The normalized spacial score (nSPS) is 10.9. The predicted molar refractivity (Wildman–Crippen MR) is 105 cm³/mol. The molecule has 0 aliphatic carbocycles. The first-order chi connectivity index (χ1) is 11.4. The van der Waals surface area contributed by atoms with E-state index >= 15 is 0 Å². The van der Waals surface area contributed by atoms with E-state index in [1.807, 2.05) is 0 Å². The molecule has 0 spiro atoms. The lowest BCUT2D eigenvalue weighted by Gasteiger charge is -2.17. The fourth-order valence-corrected chi connectivity index (χ4v) is 3.43. The van der Waals surface area contributed by atoms with Gasteiger partial charge in [-0.25, -0.2) is 0 Å². The quantitative estimate of drug-likeness (QED) is 0.495. The Labute approximate surface area is 146 Å². The highest BCUT2D eigenvalue weighted by molar-refractivity contribution is 5.82. The number of rotatable bonds is 2. The van der Waals surface area contributed by atoms with Crippen molar-refractivity contribution in [2.24, 2.45) is 0 Å². The molecule has 0 heteroatoms. The number of hydrogen-bond acceptors (Lipinski definition) is 0. The van der Waals surface area contributed by atoms with Crippen LogP contribution in [-0.4, -0.2) is 0 Å². The second kappa shape index (κ2) is 6.28. The molecule has 0 saturated heterocycles. The Hall–Kier alpha value is -2.34. The van der Waals surface area contributed by atoms with Crippen LogP contribution in [0.3, 0.4) is 0 Å². The maximum Gasteiger partial charge on any atom is -0.0113 e. The molecule has 0 fully saturated rings. The van der Waals surface area contributed by atoms with E-state index in [2.05, 4.69) is 90.1 Å². The van der Waals surface area contributed by atoms with Gasteiger partial charge in [0.25, 0.3) is 0 Å². The molecule has 3 aromatic carbocycles. The largest absolute Gasteiger partial charge is 0.0614 e. The SMILES string of the molecule is Cc1[c]cc(-c2cccc(C)c2C)c(C)c1-c1ccc(C)c(C)c1. The Bertz CT molecular complexity index is 914. The molecule has 3 rings (SSSR count). The van der Waals surface area contributed by atoms with Gasteiger partial charge in [0.2, 0.25) is 0 Å². The van der Waals surface area contributed by atoms with Gasteiger partial charge < -0.3 is 0 Å². The summed E-state index contributed by atoms with van der Waals surface area (Å²) >= 11 is 0. The fraction of sp³-hybridized carbons (Fsp3) is 0.250. The molecule has 0 atom stereocenters. The molecule has 0 aliphatic heterocycles. The maximum absolute atomic E-state index is 3.49. The van der Waals surface area contributed by atoms with Crippen LogP contribution in [0.2, 0.25) is 0 Å². The second-order valence-electron chi connectivity index (χ2n) is 6.87. The van der Waals surface area contributed by atoms with Crippen LogP contribution in [0.5, 0.6) is 0 Å². The molecule has 1 radical (unpaired) electrons. The minimum absolute atomic E-state index is 1.21. The summed E-state index contributed by atoms with van der Waals surface area (Å²) in [6, 6.07) is 18.9. The first-order valence-electron chi connectivity index (χ1n) is 8.56. The predicted octanol–water partition coefficient (Wildman–Crippen LogP) is 6.67. The molecule has 0 aromatic heterocycles. The highest BCUT2D eigenvalue weighted by Gasteiger charge is 2.13. The summed E-state index contributed by atoms with van der Waals surface area (Å²) in [7, 11) is 0. The summed E-state index contributed by atoms with van der Waals surface area (Å²) in [5, 5.41) is 0. The zero-order chi connectivity index (χ0) is 17.4. The highest BCUT2D eigenvalue weighted by Crippen LogP contribution is 2.36. The standard InChI is InChI=1S/C24H25/c1-15-10-12-21(14-18(15)4)24-17(3)11-13-23(20(24)6)22-9-7-8-16(2)19(22)5/h7-10,12-14H,1-6H3. The average Bonchev–Trinajstić information content (AvgIpc) is 2.54. The van der Waals surface area contributed by atoms with E-state index in [4.69, 9.17) is 0 Å². The highest BCUT2D eigenvalue weighted by atomic mass is 14.2. The third-order valence-electron chi connectivity index (χ3n) is 5.28. The van der Waals surface area contributed by atoms with Gasteiger partial charge in [-0.15, -0.1) is 0 Å². The van der Waals surface area contributed by atoms with Gasteiger partial charge >= 0.3 is 0 Å². The van der Waals surface area contributed by atoms with Gasteiger partial charge in [-0.1, -0.05) is 36.4 Å². The van der Waals surface area contributed by atoms with Crippen LogP contribution in [-0.2, 0) is 0 Å². The van der Waals surface area contributed by atoms with Crippen LogP contribution in [0, 0.1) is 47.6 Å². The first-order valence-corrected chi connectivity index (χ1v) is 8.56. The van der Waals surface area contributed by atoms with Crippen molar-refractivity contribution >= 4 is 0 Å². The Balaban J connectivity index is 2.25. The molecular formula is C24H25. The zero-order valence-corrected chi connectivity index (χ0v) is 15.5. The Morgan fingerprint density at radius 3 is 2.12 bits per heavy atom. The van der Waals surface area contributed by atoms with E-state index in [0.29, 0.717) is 0 Å². The summed E-state index contributed by atoms with van der Waals surface area (Å²) in [5.74, 6) is 0. The Kier molecular flexibility index (Phi) is 4.32. The minimum atomic E-state index is 1.21. The van der Waals surface area contributed by atoms with E-state index in [1.54, 1.807) is 0 Å². The van der Waals surface area contributed by atoms with Crippen molar-refractivity contribution in [3.8, 4) is 22.3 Å². The smallest absolute Gasteiger partial charge is 0.0113 e. The summed E-state index contributed by atoms with van der Waals surface area (Å²) < 4.78 is 0. The maximum atomic E-state index is 3.49. The van der Waals surface area contributed by atoms with Crippen molar-refractivity contribution in [2.45, 2.75) is 41.5 Å². The molecule has 0 aliphatic rings. The topological polar surface area (TPSA) is 0 Å². The van der Waals surface area contributed by atoms with E-state index in [1.165, 1.54) is 55.6 Å². The van der Waals surface area contributed by atoms with Crippen molar-refractivity contribution in [2.75, 3.05) is 0 Å². The first kappa shape index (κ1) is 16.5. The minimum Gasteiger partial charge on any atom is -0.0614 e. The summed E-state index contributed by atoms with van der Waals surface area (Å²) in [6.07, 6.45) is 0. The van der Waals surface area contributed by atoms with Gasteiger partial charge in [-0.3, -0.25) is 0 Å². The zero-order valence-electron chi connectivity index (χ0n) is 15.5. The molecule has 0 bridgehead atoms. The summed E-state index contributed by atoms with van der Waals surface area (Å²) in [6.45, 7) is 13.1. The second-order valence-corrected chi connectivity index (χ2v) is 6.87. The molecule has 24 heavy (non-hydrogen) atoms. The van der Waals surface area contributed by atoms with Crippen LogP contribution in [0.15, 0.2) is 42.5 Å². The van der Waals surface area contributed by atoms with E-state index in [9.17, 15) is 0 Å². The third kappa shape index (κ3) is 2.78. The van der Waals surface area contributed by atoms with E-state index in [-0.39, 0.29) is 0 Å².